The SMILES string of the molecule is Cc1ccc(S(=O)(=O)N[C@@H]2CCC(=O)NC2)cc1Br. The van der Waals surface area contributed by atoms with Crippen molar-refractivity contribution in [3.63, 3.8) is 0 Å². The van der Waals surface area contributed by atoms with Crippen LogP contribution in [0, 0.1) is 6.92 Å². The van der Waals surface area contributed by atoms with E-state index in [2.05, 4.69) is 26.0 Å². The standard InChI is InChI=1S/C12H15BrN2O3S/c1-8-2-4-10(6-11(8)13)19(17,18)15-9-3-5-12(16)14-7-9/h2,4,6,9,15H,3,5,7H2,1H3,(H,14,16)/t9-/m1/s1. The average molecular weight is 347 g/mol. The smallest absolute Gasteiger partial charge is 0.240 e. The fraction of sp³-hybridized carbons (Fsp3) is 0.417. The molecule has 0 saturated carbocycles. The van der Waals surface area contributed by atoms with Gasteiger partial charge in [-0.3, -0.25) is 4.79 Å². The van der Waals surface area contributed by atoms with E-state index in [0.29, 0.717) is 19.4 Å². The number of halogens is 1. The van der Waals surface area contributed by atoms with Gasteiger partial charge in [-0.25, -0.2) is 13.1 Å². The number of carbonyl (C=O) groups is 1. The molecule has 0 unspecified atom stereocenters. The van der Waals surface area contributed by atoms with Crippen LogP contribution < -0.4 is 10.0 Å². The molecule has 1 heterocycles. The quantitative estimate of drug-likeness (QED) is 0.866. The first kappa shape index (κ1) is 14.5. The van der Waals surface area contributed by atoms with Gasteiger partial charge in [0.1, 0.15) is 0 Å². The van der Waals surface area contributed by atoms with Gasteiger partial charge in [0, 0.05) is 23.5 Å². The first-order chi connectivity index (χ1) is 8.88. The lowest BCUT2D eigenvalue weighted by Crippen LogP contribution is -2.47. The van der Waals surface area contributed by atoms with Gasteiger partial charge in [0.05, 0.1) is 4.90 Å². The Kier molecular flexibility index (Phi) is 4.27. The highest BCUT2D eigenvalue weighted by atomic mass is 79.9. The summed E-state index contributed by atoms with van der Waals surface area (Å²) in [6.07, 6.45) is 0.878. The number of aryl methyl sites for hydroxylation is 1. The van der Waals surface area contributed by atoms with E-state index in [4.69, 9.17) is 0 Å². The lowest BCUT2D eigenvalue weighted by Gasteiger charge is -2.23. The van der Waals surface area contributed by atoms with E-state index in [-0.39, 0.29) is 16.8 Å². The number of sulfonamides is 1. The second-order valence-electron chi connectivity index (χ2n) is 4.57. The molecular formula is C12H15BrN2O3S. The van der Waals surface area contributed by atoms with Crippen molar-refractivity contribution in [2.45, 2.75) is 30.7 Å². The van der Waals surface area contributed by atoms with E-state index >= 15 is 0 Å². The topological polar surface area (TPSA) is 75.3 Å². The van der Waals surface area contributed by atoms with Crippen LogP contribution in [-0.4, -0.2) is 26.9 Å². The Labute approximate surface area is 121 Å². The Morgan fingerprint density at radius 3 is 2.74 bits per heavy atom. The second-order valence-corrected chi connectivity index (χ2v) is 7.14. The van der Waals surface area contributed by atoms with Gasteiger partial charge in [-0.1, -0.05) is 22.0 Å². The number of hydrogen-bond donors (Lipinski definition) is 2. The molecule has 7 heteroatoms. The Morgan fingerprint density at radius 2 is 2.16 bits per heavy atom. The molecule has 5 nitrogen and oxygen atoms in total. The second kappa shape index (κ2) is 5.60. The maximum Gasteiger partial charge on any atom is 0.240 e. The Hall–Kier alpha value is -0.920. The van der Waals surface area contributed by atoms with Crippen LogP contribution in [0.2, 0.25) is 0 Å². The molecule has 19 heavy (non-hydrogen) atoms. The van der Waals surface area contributed by atoms with Crippen LogP contribution in [-0.2, 0) is 14.8 Å². The molecular weight excluding hydrogens is 332 g/mol. The van der Waals surface area contributed by atoms with E-state index in [1.54, 1.807) is 18.2 Å². The van der Waals surface area contributed by atoms with E-state index in [9.17, 15) is 13.2 Å². The summed E-state index contributed by atoms with van der Waals surface area (Å²) in [6.45, 7) is 2.23. The van der Waals surface area contributed by atoms with Crippen LogP contribution in [0.3, 0.4) is 0 Å². The van der Waals surface area contributed by atoms with Crippen molar-refractivity contribution in [3.05, 3.63) is 28.2 Å². The highest BCUT2D eigenvalue weighted by Gasteiger charge is 2.24. The van der Waals surface area contributed by atoms with Gasteiger partial charge < -0.3 is 5.32 Å². The Morgan fingerprint density at radius 1 is 1.42 bits per heavy atom. The summed E-state index contributed by atoms with van der Waals surface area (Å²) in [5.41, 5.74) is 0.976. The number of benzene rings is 1. The number of nitrogens with one attached hydrogen (secondary N) is 2. The first-order valence-corrected chi connectivity index (χ1v) is 8.21. The van der Waals surface area contributed by atoms with Crippen LogP contribution in [0.15, 0.2) is 27.6 Å². The fourth-order valence-corrected chi connectivity index (χ4v) is 3.69. The van der Waals surface area contributed by atoms with E-state index in [1.165, 1.54) is 0 Å². The summed E-state index contributed by atoms with van der Waals surface area (Å²) in [5, 5.41) is 2.65. The minimum Gasteiger partial charge on any atom is -0.355 e. The van der Waals surface area contributed by atoms with Gasteiger partial charge in [0.2, 0.25) is 15.9 Å². The van der Waals surface area contributed by atoms with Crippen molar-refractivity contribution in [2.24, 2.45) is 0 Å². The Balaban J connectivity index is 2.13. The zero-order valence-corrected chi connectivity index (χ0v) is 12.8. The summed E-state index contributed by atoms with van der Waals surface area (Å²) in [5.74, 6) is -0.0338. The number of amides is 1. The van der Waals surface area contributed by atoms with Gasteiger partial charge in [-0.2, -0.15) is 0 Å². The van der Waals surface area contributed by atoms with Crippen LogP contribution in [0.4, 0.5) is 0 Å². The highest BCUT2D eigenvalue weighted by Crippen LogP contribution is 2.21. The van der Waals surface area contributed by atoms with Crippen molar-refractivity contribution >= 4 is 31.9 Å². The van der Waals surface area contributed by atoms with E-state index in [0.717, 1.165) is 10.0 Å². The van der Waals surface area contributed by atoms with Gasteiger partial charge in [0.25, 0.3) is 0 Å². The summed E-state index contributed by atoms with van der Waals surface area (Å²) in [4.78, 5) is 11.3. The molecule has 1 amide bonds. The number of piperidine rings is 1. The molecule has 2 N–H and O–H groups in total. The van der Waals surface area contributed by atoms with E-state index in [1.807, 2.05) is 6.92 Å². The highest BCUT2D eigenvalue weighted by molar-refractivity contribution is 9.10. The number of carbonyl (C=O) groups excluding carboxylic acids is 1. The molecule has 1 aliphatic rings. The molecule has 2 rings (SSSR count). The molecule has 1 saturated heterocycles. The normalized spacial score (nSPS) is 20.1. The molecule has 1 aliphatic heterocycles. The van der Waals surface area contributed by atoms with Crippen molar-refractivity contribution in [1.82, 2.24) is 10.0 Å². The monoisotopic (exact) mass is 346 g/mol. The zero-order valence-electron chi connectivity index (χ0n) is 10.4. The summed E-state index contributed by atoms with van der Waals surface area (Å²) >= 11 is 3.32. The van der Waals surface area contributed by atoms with Gasteiger partial charge in [-0.05, 0) is 31.0 Å². The maximum absolute atomic E-state index is 12.2. The minimum absolute atomic E-state index is 0.0338. The van der Waals surface area contributed by atoms with E-state index < -0.39 is 10.0 Å². The molecule has 1 aromatic carbocycles. The predicted octanol–water partition coefficient (Wildman–Crippen LogP) is 1.31. The van der Waals surface area contributed by atoms with Crippen molar-refractivity contribution in [2.75, 3.05) is 6.54 Å². The van der Waals surface area contributed by atoms with Crippen molar-refractivity contribution in [3.8, 4) is 0 Å². The van der Waals surface area contributed by atoms with Crippen molar-refractivity contribution in [1.29, 1.82) is 0 Å². The number of hydrogen-bond acceptors (Lipinski definition) is 3. The van der Waals surface area contributed by atoms with Crippen LogP contribution in [0.1, 0.15) is 18.4 Å². The lowest BCUT2D eigenvalue weighted by atomic mass is 10.1. The van der Waals surface area contributed by atoms with Crippen LogP contribution >= 0.6 is 15.9 Å². The molecule has 0 spiro atoms. The zero-order chi connectivity index (χ0) is 14.0. The number of rotatable bonds is 3. The molecule has 104 valence electrons. The summed E-state index contributed by atoms with van der Waals surface area (Å²) in [6, 6.07) is 4.66. The summed E-state index contributed by atoms with van der Waals surface area (Å²) in [7, 11) is -3.55. The van der Waals surface area contributed by atoms with Crippen molar-refractivity contribution < 1.29 is 13.2 Å². The third-order valence-corrected chi connectivity index (χ3v) is 5.41. The predicted molar refractivity (Wildman–Crippen MR) is 75.2 cm³/mol. The van der Waals surface area contributed by atoms with Gasteiger partial charge >= 0.3 is 0 Å². The largest absolute Gasteiger partial charge is 0.355 e. The first-order valence-electron chi connectivity index (χ1n) is 5.94. The maximum atomic E-state index is 12.2. The molecule has 1 atom stereocenters. The molecule has 1 fully saturated rings. The van der Waals surface area contributed by atoms with Gasteiger partial charge in [0.15, 0.2) is 0 Å². The average Bonchev–Trinajstić information content (AvgIpc) is 2.35. The molecule has 0 aliphatic carbocycles. The fourth-order valence-electron chi connectivity index (χ4n) is 1.86. The lowest BCUT2D eigenvalue weighted by molar-refractivity contribution is -0.122. The molecule has 1 aromatic rings. The third-order valence-electron chi connectivity index (χ3n) is 3.04. The van der Waals surface area contributed by atoms with Gasteiger partial charge in [-0.15, -0.1) is 0 Å². The minimum atomic E-state index is -3.55. The molecule has 0 radical (unpaired) electrons. The molecule has 0 aromatic heterocycles. The Bertz CT molecular complexity index is 591. The van der Waals surface area contributed by atoms with Crippen LogP contribution in [0.25, 0.3) is 0 Å². The summed E-state index contributed by atoms with van der Waals surface area (Å²) < 4.78 is 27.8. The third kappa shape index (κ3) is 3.55. The molecule has 0 bridgehead atoms. The van der Waals surface area contributed by atoms with Crippen LogP contribution in [0.5, 0.6) is 0 Å².